The quantitative estimate of drug-likeness (QED) is 0.688. The van der Waals surface area contributed by atoms with Gasteiger partial charge in [-0.1, -0.05) is 32.3 Å². The van der Waals surface area contributed by atoms with Crippen molar-refractivity contribution < 1.29 is 4.52 Å². The summed E-state index contributed by atoms with van der Waals surface area (Å²) in [5, 5.41) is 3.74. The van der Waals surface area contributed by atoms with E-state index in [4.69, 9.17) is 4.52 Å². The van der Waals surface area contributed by atoms with Crippen LogP contribution in [0.5, 0.6) is 0 Å². The third kappa shape index (κ3) is 1.68. The van der Waals surface area contributed by atoms with Crippen molar-refractivity contribution in [2.24, 2.45) is 0 Å². The average Bonchev–Trinajstić information content (AvgIpc) is 2.57. The molecule has 1 atom stereocenters. The van der Waals surface area contributed by atoms with E-state index in [1.165, 1.54) is 12.8 Å². The summed E-state index contributed by atoms with van der Waals surface area (Å²) in [4.78, 5) is 0. The summed E-state index contributed by atoms with van der Waals surface area (Å²) >= 11 is 0. The molecule has 0 spiro atoms. The SMILES string of the molecule is CCCC(C)(CC)c1ccno1. The first-order chi connectivity index (χ1) is 5.73. The van der Waals surface area contributed by atoms with Crippen molar-refractivity contribution in [3.63, 3.8) is 0 Å². The Balaban J connectivity index is 2.80. The highest BCUT2D eigenvalue weighted by molar-refractivity contribution is 5.09. The fourth-order valence-corrected chi connectivity index (χ4v) is 1.55. The molecule has 2 nitrogen and oxygen atoms in total. The maximum atomic E-state index is 5.19. The van der Waals surface area contributed by atoms with Gasteiger partial charge in [0.25, 0.3) is 0 Å². The van der Waals surface area contributed by atoms with E-state index in [1.54, 1.807) is 6.20 Å². The molecule has 0 aliphatic rings. The van der Waals surface area contributed by atoms with Crippen LogP contribution in [0.1, 0.15) is 45.8 Å². The van der Waals surface area contributed by atoms with Crippen LogP contribution in [-0.2, 0) is 5.41 Å². The molecular weight excluding hydrogens is 150 g/mol. The first kappa shape index (κ1) is 9.30. The Hall–Kier alpha value is -0.790. The average molecular weight is 167 g/mol. The van der Waals surface area contributed by atoms with Crippen LogP contribution in [0.2, 0.25) is 0 Å². The molecule has 2 heteroatoms. The van der Waals surface area contributed by atoms with Crippen molar-refractivity contribution in [1.29, 1.82) is 0 Å². The summed E-state index contributed by atoms with van der Waals surface area (Å²) in [6.45, 7) is 6.62. The minimum atomic E-state index is 0.186. The van der Waals surface area contributed by atoms with Crippen LogP contribution in [0.25, 0.3) is 0 Å². The Kier molecular flexibility index (Phi) is 2.90. The molecule has 0 aliphatic carbocycles. The van der Waals surface area contributed by atoms with E-state index in [2.05, 4.69) is 25.9 Å². The van der Waals surface area contributed by atoms with Crippen molar-refractivity contribution >= 4 is 0 Å². The molecule has 0 amide bonds. The van der Waals surface area contributed by atoms with Gasteiger partial charge < -0.3 is 4.52 Å². The summed E-state index contributed by atoms with van der Waals surface area (Å²) in [6, 6.07) is 1.97. The maximum Gasteiger partial charge on any atom is 0.142 e. The van der Waals surface area contributed by atoms with E-state index in [9.17, 15) is 0 Å². The van der Waals surface area contributed by atoms with E-state index in [1.807, 2.05) is 6.07 Å². The third-order valence-corrected chi connectivity index (χ3v) is 2.61. The molecule has 0 aliphatic heterocycles. The monoisotopic (exact) mass is 167 g/mol. The predicted molar refractivity (Wildman–Crippen MR) is 49.1 cm³/mol. The van der Waals surface area contributed by atoms with Gasteiger partial charge in [-0.25, -0.2) is 0 Å². The van der Waals surface area contributed by atoms with Crippen molar-refractivity contribution in [3.05, 3.63) is 18.0 Å². The molecule has 1 aromatic rings. The molecule has 1 heterocycles. The van der Waals surface area contributed by atoms with Crippen LogP contribution in [0.3, 0.4) is 0 Å². The summed E-state index contributed by atoms with van der Waals surface area (Å²) in [6.07, 6.45) is 5.18. The van der Waals surface area contributed by atoms with Gasteiger partial charge in [-0.05, 0) is 12.8 Å². The molecule has 0 saturated carbocycles. The zero-order valence-corrected chi connectivity index (χ0v) is 8.13. The molecule has 0 bridgehead atoms. The van der Waals surface area contributed by atoms with Gasteiger partial charge in [0.15, 0.2) is 0 Å². The van der Waals surface area contributed by atoms with Gasteiger partial charge in [0.2, 0.25) is 0 Å². The first-order valence-electron chi connectivity index (χ1n) is 4.64. The molecule has 1 rings (SSSR count). The van der Waals surface area contributed by atoms with Gasteiger partial charge in [0.1, 0.15) is 5.76 Å². The van der Waals surface area contributed by atoms with E-state index >= 15 is 0 Å². The Labute approximate surface area is 74.0 Å². The normalized spacial score (nSPS) is 15.9. The Morgan fingerprint density at radius 3 is 2.67 bits per heavy atom. The Morgan fingerprint density at radius 1 is 1.50 bits per heavy atom. The minimum absolute atomic E-state index is 0.186. The van der Waals surface area contributed by atoms with Gasteiger partial charge in [0.05, 0.1) is 6.20 Å². The lowest BCUT2D eigenvalue weighted by Crippen LogP contribution is -2.19. The number of aromatic nitrogens is 1. The number of rotatable bonds is 4. The summed E-state index contributed by atoms with van der Waals surface area (Å²) in [5.74, 6) is 1.02. The molecule has 0 aromatic carbocycles. The van der Waals surface area contributed by atoms with E-state index in [0.717, 1.165) is 12.2 Å². The standard InChI is InChI=1S/C10H17NO/c1-4-7-10(3,5-2)9-6-8-11-12-9/h6,8H,4-5,7H2,1-3H3. The zero-order valence-electron chi connectivity index (χ0n) is 8.13. The molecule has 68 valence electrons. The molecule has 1 unspecified atom stereocenters. The fraction of sp³-hybridized carbons (Fsp3) is 0.700. The van der Waals surface area contributed by atoms with Crippen LogP contribution in [-0.4, -0.2) is 5.16 Å². The largest absolute Gasteiger partial charge is 0.361 e. The lowest BCUT2D eigenvalue weighted by molar-refractivity contribution is 0.280. The van der Waals surface area contributed by atoms with E-state index in [0.29, 0.717) is 0 Å². The van der Waals surface area contributed by atoms with Crippen molar-refractivity contribution in [1.82, 2.24) is 5.16 Å². The summed E-state index contributed by atoms with van der Waals surface area (Å²) < 4.78 is 5.19. The minimum Gasteiger partial charge on any atom is -0.361 e. The number of hydrogen-bond acceptors (Lipinski definition) is 2. The molecule has 0 N–H and O–H groups in total. The van der Waals surface area contributed by atoms with Crippen LogP contribution in [0.4, 0.5) is 0 Å². The van der Waals surface area contributed by atoms with Crippen molar-refractivity contribution in [2.45, 2.75) is 45.4 Å². The van der Waals surface area contributed by atoms with Gasteiger partial charge in [0, 0.05) is 11.5 Å². The lowest BCUT2D eigenvalue weighted by atomic mass is 9.81. The van der Waals surface area contributed by atoms with Crippen molar-refractivity contribution in [3.8, 4) is 0 Å². The Bertz CT molecular complexity index is 218. The molecule has 0 fully saturated rings. The highest BCUT2D eigenvalue weighted by Gasteiger charge is 2.26. The second-order valence-electron chi connectivity index (χ2n) is 3.54. The smallest absolute Gasteiger partial charge is 0.142 e. The van der Waals surface area contributed by atoms with Crippen LogP contribution in [0.15, 0.2) is 16.8 Å². The second-order valence-corrected chi connectivity index (χ2v) is 3.54. The zero-order chi connectivity index (χ0) is 9.03. The van der Waals surface area contributed by atoms with Gasteiger partial charge >= 0.3 is 0 Å². The molecule has 0 radical (unpaired) electrons. The Morgan fingerprint density at radius 2 is 2.25 bits per heavy atom. The maximum absolute atomic E-state index is 5.19. The van der Waals surface area contributed by atoms with Gasteiger partial charge in [-0.15, -0.1) is 0 Å². The van der Waals surface area contributed by atoms with E-state index in [-0.39, 0.29) is 5.41 Å². The molecule has 0 saturated heterocycles. The van der Waals surface area contributed by atoms with Gasteiger partial charge in [-0.2, -0.15) is 0 Å². The number of nitrogens with zero attached hydrogens (tertiary/aromatic N) is 1. The van der Waals surface area contributed by atoms with Crippen LogP contribution < -0.4 is 0 Å². The lowest BCUT2D eigenvalue weighted by Gasteiger charge is -2.23. The topological polar surface area (TPSA) is 26.0 Å². The fourth-order valence-electron chi connectivity index (χ4n) is 1.55. The number of hydrogen-bond donors (Lipinski definition) is 0. The summed E-state index contributed by atoms with van der Waals surface area (Å²) in [7, 11) is 0. The highest BCUT2D eigenvalue weighted by Crippen LogP contribution is 2.31. The molecular formula is C10H17NO. The van der Waals surface area contributed by atoms with E-state index < -0.39 is 0 Å². The second kappa shape index (κ2) is 3.74. The molecule has 12 heavy (non-hydrogen) atoms. The first-order valence-corrected chi connectivity index (χ1v) is 4.64. The van der Waals surface area contributed by atoms with Crippen molar-refractivity contribution in [2.75, 3.05) is 0 Å². The third-order valence-electron chi connectivity index (χ3n) is 2.61. The van der Waals surface area contributed by atoms with Crippen LogP contribution >= 0.6 is 0 Å². The molecule has 1 aromatic heterocycles. The predicted octanol–water partition coefficient (Wildman–Crippen LogP) is 3.14. The highest BCUT2D eigenvalue weighted by atomic mass is 16.5. The van der Waals surface area contributed by atoms with Crippen LogP contribution in [0, 0.1) is 0 Å². The van der Waals surface area contributed by atoms with Gasteiger partial charge in [-0.3, -0.25) is 0 Å². The summed E-state index contributed by atoms with van der Waals surface area (Å²) in [5.41, 5.74) is 0.186.